The molecule has 0 bridgehead atoms. The number of hydrogen-bond acceptors (Lipinski definition) is 4. The number of fused-ring (bicyclic) bond motifs is 1. The van der Waals surface area contributed by atoms with Crippen LogP contribution in [-0.4, -0.2) is 36.9 Å². The molecule has 0 spiro atoms. The van der Waals surface area contributed by atoms with E-state index in [4.69, 9.17) is 11.5 Å². The van der Waals surface area contributed by atoms with Gasteiger partial charge in [0.15, 0.2) is 0 Å². The Labute approximate surface area is 139 Å². The van der Waals surface area contributed by atoms with Crippen molar-refractivity contribution in [3.8, 4) is 0 Å². The highest BCUT2D eigenvalue weighted by molar-refractivity contribution is 5.89. The Kier molecular flexibility index (Phi) is 5.86. The molecule has 126 valence electrons. The molecule has 0 radical (unpaired) electrons. The van der Waals surface area contributed by atoms with Crippen molar-refractivity contribution in [3.05, 3.63) is 48.0 Å². The van der Waals surface area contributed by atoms with Crippen LogP contribution in [0.5, 0.6) is 0 Å². The summed E-state index contributed by atoms with van der Waals surface area (Å²) in [5.41, 5.74) is 11.7. The van der Waals surface area contributed by atoms with Gasteiger partial charge < -0.3 is 22.1 Å². The van der Waals surface area contributed by atoms with Crippen LogP contribution in [0, 0.1) is 0 Å². The third-order valence-electron chi connectivity index (χ3n) is 3.49. The van der Waals surface area contributed by atoms with Gasteiger partial charge in [0.1, 0.15) is 0 Å². The second kappa shape index (κ2) is 8.07. The smallest absolute Gasteiger partial charge is 0.239 e. The van der Waals surface area contributed by atoms with Crippen molar-refractivity contribution in [2.24, 2.45) is 11.5 Å². The molecule has 3 amide bonds. The van der Waals surface area contributed by atoms with Crippen LogP contribution in [0.3, 0.4) is 0 Å². The Balaban J connectivity index is 1.86. The summed E-state index contributed by atoms with van der Waals surface area (Å²) in [6.45, 7) is -0.518. The van der Waals surface area contributed by atoms with Crippen LogP contribution in [0.2, 0.25) is 0 Å². The van der Waals surface area contributed by atoms with Gasteiger partial charge in [0.05, 0.1) is 19.1 Å². The third-order valence-corrected chi connectivity index (χ3v) is 3.49. The van der Waals surface area contributed by atoms with Crippen LogP contribution >= 0.6 is 0 Å². The van der Waals surface area contributed by atoms with Gasteiger partial charge in [-0.1, -0.05) is 42.5 Å². The average molecular weight is 328 g/mol. The van der Waals surface area contributed by atoms with Crippen LogP contribution in [0.4, 0.5) is 0 Å². The number of nitrogens with two attached hydrogens (primary N) is 2. The summed E-state index contributed by atoms with van der Waals surface area (Å²) in [6, 6.07) is 13.0. The van der Waals surface area contributed by atoms with Crippen LogP contribution in [0.15, 0.2) is 42.5 Å². The van der Waals surface area contributed by atoms with Gasteiger partial charge in [0.25, 0.3) is 0 Å². The van der Waals surface area contributed by atoms with Crippen molar-refractivity contribution in [2.75, 3.05) is 13.1 Å². The van der Waals surface area contributed by atoms with Crippen molar-refractivity contribution in [3.63, 3.8) is 0 Å². The summed E-state index contributed by atoms with van der Waals surface area (Å²) in [6.07, 6.45) is 0.361. The fourth-order valence-corrected chi connectivity index (χ4v) is 2.26. The number of carbonyl (C=O) groups excluding carboxylic acids is 3. The van der Waals surface area contributed by atoms with E-state index in [1.165, 1.54) is 0 Å². The molecular weight excluding hydrogens is 308 g/mol. The van der Waals surface area contributed by atoms with E-state index in [9.17, 15) is 14.4 Å². The van der Waals surface area contributed by atoms with E-state index < -0.39 is 23.8 Å². The largest absolute Gasteiger partial charge is 0.368 e. The number of nitrogens with one attached hydrogen (secondary N) is 2. The molecule has 0 saturated heterocycles. The van der Waals surface area contributed by atoms with Crippen molar-refractivity contribution in [2.45, 2.75) is 12.5 Å². The molecule has 24 heavy (non-hydrogen) atoms. The fraction of sp³-hybridized carbons (Fsp3) is 0.235. The number of hydrogen-bond donors (Lipinski definition) is 4. The molecule has 1 atom stereocenters. The van der Waals surface area contributed by atoms with Gasteiger partial charge in [0, 0.05) is 0 Å². The molecule has 0 heterocycles. The van der Waals surface area contributed by atoms with Crippen molar-refractivity contribution in [1.29, 1.82) is 0 Å². The zero-order valence-electron chi connectivity index (χ0n) is 13.1. The number of rotatable bonds is 7. The van der Waals surface area contributed by atoms with Crippen molar-refractivity contribution in [1.82, 2.24) is 10.6 Å². The van der Waals surface area contributed by atoms with E-state index in [1.54, 1.807) is 0 Å². The van der Waals surface area contributed by atoms with E-state index >= 15 is 0 Å². The molecule has 0 aliphatic rings. The molecule has 2 aromatic rings. The summed E-state index contributed by atoms with van der Waals surface area (Å²) in [5, 5.41) is 6.91. The number of primary amides is 1. The minimum atomic E-state index is -0.768. The van der Waals surface area contributed by atoms with Gasteiger partial charge in [-0.25, -0.2) is 0 Å². The zero-order chi connectivity index (χ0) is 17.5. The molecule has 0 aliphatic carbocycles. The Bertz CT molecular complexity index is 760. The summed E-state index contributed by atoms with van der Waals surface area (Å²) in [7, 11) is 0. The van der Waals surface area contributed by atoms with Crippen molar-refractivity contribution < 1.29 is 14.4 Å². The van der Waals surface area contributed by atoms with E-state index in [-0.39, 0.29) is 13.1 Å². The molecule has 2 rings (SSSR count). The predicted octanol–water partition coefficient (Wildman–Crippen LogP) is -0.573. The lowest BCUT2D eigenvalue weighted by Gasteiger charge is -2.12. The van der Waals surface area contributed by atoms with Gasteiger partial charge in [-0.05, 0) is 22.8 Å². The lowest BCUT2D eigenvalue weighted by molar-refractivity contribution is -0.127. The maximum absolute atomic E-state index is 11.9. The Morgan fingerprint density at radius 1 is 0.958 bits per heavy atom. The summed E-state index contributed by atoms with van der Waals surface area (Å²) >= 11 is 0. The molecule has 0 fully saturated rings. The van der Waals surface area contributed by atoms with Crippen LogP contribution in [0.1, 0.15) is 5.56 Å². The average Bonchev–Trinajstić information content (AvgIpc) is 2.57. The lowest BCUT2D eigenvalue weighted by Crippen LogP contribution is -2.46. The van der Waals surface area contributed by atoms with Crippen molar-refractivity contribution >= 4 is 28.5 Å². The van der Waals surface area contributed by atoms with Gasteiger partial charge >= 0.3 is 0 Å². The molecule has 0 aromatic heterocycles. The third kappa shape index (κ3) is 5.06. The van der Waals surface area contributed by atoms with Crippen LogP contribution in [-0.2, 0) is 20.8 Å². The second-order valence-corrected chi connectivity index (χ2v) is 5.45. The second-order valence-electron chi connectivity index (χ2n) is 5.45. The number of benzene rings is 2. The first-order valence-electron chi connectivity index (χ1n) is 7.51. The molecule has 2 aromatic carbocycles. The first kappa shape index (κ1) is 17.4. The number of carbonyl (C=O) groups is 3. The SMILES string of the molecule is NC(=O)CNC(=O)CNC(=O)C(N)Cc1ccc2ccccc2c1. The van der Waals surface area contributed by atoms with E-state index in [0.29, 0.717) is 6.42 Å². The highest BCUT2D eigenvalue weighted by Crippen LogP contribution is 2.16. The minimum Gasteiger partial charge on any atom is -0.368 e. The molecule has 7 nitrogen and oxygen atoms in total. The highest BCUT2D eigenvalue weighted by Gasteiger charge is 2.15. The first-order chi connectivity index (χ1) is 11.5. The van der Waals surface area contributed by atoms with Crippen LogP contribution < -0.4 is 22.1 Å². The molecule has 7 heteroatoms. The zero-order valence-corrected chi connectivity index (χ0v) is 13.1. The van der Waals surface area contributed by atoms with E-state index in [0.717, 1.165) is 16.3 Å². The van der Waals surface area contributed by atoms with E-state index in [2.05, 4.69) is 10.6 Å². The topological polar surface area (TPSA) is 127 Å². The summed E-state index contributed by atoms with van der Waals surface area (Å²) < 4.78 is 0. The normalized spacial score (nSPS) is 11.7. The first-order valence-corrected chi connectivity index (χ1v) is 7.51. The molecule has 0 aliphatic heterocycles. The highest BCUT2D eigenvalue weighted by atomic mass is 16.2. The maximum Gasteiger partial charge on any atom is 0.239 e. The number of amides is 3. The van der Waals surface area contributed by atoms with Gasteiger partial charge in [-0.2, -0.15) is 0 Å². The minimum absolute atomic E-state index is 0.252. The summed E-state index contributed by atoms with van der Waals surface area (Å²) in [5.74, 6) is -1.58. The monoisotopic (exact) mass is 328 g/mol. The lowest BCUT2D eigenvalue weighted by atomic mass is 10.0. The Morgan fingerprint density at radius 3 is 2.38 bits per heavy atom. The van der Waals surface area contributed by atoms with Gasteiger partial charge in [-0.15, -0.1) is 0 Å². The fourth-order valence-electron chi connectivity index (χ4n) is 2.26. The molecule has 0 saturated carbocycles. The van der Waals surface area contributed by atoms with Gasteiger partial charge in [-0.3, -0.25) is 14.4 Å². The van der Waals surface area contributed by atoms with Gasteiger partial charge in [0.2, 0.25) is 17.7 Å². The summed E-state index contributed by atoms with van der Waals surface area (Å²) in [4.78, 5) is 33.9. The molecule has 1 unspecified atom stereocenters. The quantitative estimate of drug-likeness (QED) is 0.542. The molecular formula is C17H20N4O3. The standard InChI is InChI=1S/C17H20N4O3/c18-14(17(24)21-10-16(23)20-9-15(19)22)8-11-5-6-12-3-1-2-4-13(12)7-11/h1-7,14H,8-10,18H2,(H2,19,22)(H,20,23)(H,21,24). The maximum atomic E-state index is 11.9. The molecule has 6 N–H and O–H groups in total. The Hall–Kier alpha value is -2.93. The van der Waals surface area contributed by atoms with E-state index in [1.807, 2.05) is 42.5 Å². The van der Waals surface area contributed by atoms with Crippen LogP contribution in [0.25, 0.3) is 10.8 Å². The predicted molar refractivity (Wildman–Crippen MR) is 90.8 cm³/mol. The Morgan fingerprint density at radius 2 is 1.67 bits per heavy atom.